The van der Waals surface area contributed by atoms with Crippen LogP contribution in [0.3, 0.4) is 0 Å². The fraction of sp³-hybridized carbons (Fsp3) is 0.867. The molecule has 2 rings (SSSR count). The predicted octanol–water partition coefficient (Wildman–Crippen LogP) is 1.78. The number of rotatable bonds is 6. The van der Waals surface area contributed by atoms with Crippen LogP contribution in [0.15, 0.2) is 0 Å². The van der Waals surface area contributed by atoms with Gasteiger partial charge in [0, 0.05) is 12.6 Å². The Morgan fingerprint density at radius 2 is 1.85 bits per heavy atom. The molecule has 0 aromatic rings. The van der Waals surface area contributed by atoms with Crippen LogP contribution in [0, 0.1) is 11.8 Å². The minimum atomic E-state index is -0.208. The monoisotopic (exact) mass is 281 g/mol. The lowest BCUT2D eigenvalue weighted by atomic mass is 9.85. The van der Waals surface area contributed by atoms with Crippen LogP contribution in [0.1, 0.15) is 51.9 Å². The average molecular weight is 281 g/mol. The maximum atomic E-state index is 11.7. The first-order valence-corrected chi connectivity index (χ1v) is 8.01. The molecule has 5 heteroatoms. The largest absolute Gasteiger partial charge is 0.355 e. The van der Waals surface area contributed by atoms with Gasteiger partial charge in [0.15, 0.2) is 0 Å². The summed E-state index contributed by atoms with van der Waals surface area (Å²) < 4.78 is 0. The number of carbonyl (C=O) groups excluding carboxylic acids is 2. The highest BCUT2D eigenvalue weighted by atomic mass is 16.2. The van der Waals surface area contributed by atoms with Crippen LogP contribution < -0.4 is 16.0 Å². The summed E-state index contributed by atoms with van der Waals surface area (Å²) >= 11 is 0. The second-order valence-corrected chi connectivity index (χ2v) is 6.08. The first kappa shape index (κ1) is 15.1. The van der Waals surface area contributed by atoms with Crippen molar-refractivity contribution >= 4 is 11.9 Å². The first-order chi connectivity index (χ1) is 9.70. The molecule has 3 N–H and O–H groups in total. The van der Waals surface area contributed by atoms with E-state index in [4.69, 9.17) is 0 Å². The van der Waals surface area contributed by atoms with Crippen molar-refractivity contribution in [1.29, 1.82) is 0 Å². The van der Waals surface area contributed by atoms with Crippen LogP contribution in [0.4, 0.5) is 4.79 Å². The van der Waals surface area contributed by atoms with Crippen molar-refractivity contribution in [1.82, 2.24) is 16.0 Å². The van der Waals surface area contributed by atoms with Crippen LogP contribution in [-0.4, -0.2) is 31.1 Å². The number of amides is 3. The highest BCUT2D eigenvalue weighted by molar-refractivity contribution is 5.84. The number of carbonyl (C=O) groups is 2. The van der Waals surface area contributed by atoms with Crippen molar-refractivity contribution in [2.24, 2.45) is 11.8 Å². The van der Waals surface area contributed by atoms with E-state index in [-0.39, 0.29) is 18.5 Å². The Kier molecular flexibility index (Phi) is 5.68. The van der Waals surface area contributed by atoms with Crippen molar-refractivity contribution < 1.29 is 9.59 Å². The van der Waals surface area contributed by atoms with Gasteiger partial charge in [-0.3, -0.25) is 4.79 Å². The highest BCUT2D eigenvalue weighted by Crippen LogP contribution is 2.44. The third-order valence-electron chi connectivity index (χ3n) is 4.39. The van der Waals surface area contributed by atoms with Crippen molar-refractivity contribution in [3.8, 4) is 0 Å². The minimum absolute atomic E-state index is 0.0622. The molecule has 2 aliphatic carbocycles. The SMILES string of the molecule is CCCNC(=O)CNC(=O)N[C@H]1C[C@@H]1C1CCCCC1. The molecule has 0 bridgehead atoms. The Morgan fingerprint density at radius 1 is 1.10 bits per heavy atom. The van der Waals surface area contributed by atoms with Crippen molar-refractivity contribution in [3.05, 3.63) is 0 Å². The maximum Gasteiger partial charge on any atom is 0.315 e. The topological polar surface area (TPSA) is 70.2 Å². The number of hydrogen-bond acceptors (Lipinski definition) is 2. The van der Waals surface area contributed by atoms with Crippen molar-refractivity contribution in [2.75, 3.05) is 13.1 Å². The zero-order valence-corrected chi connectivity index (χ0v) is 12.4. The third kappa shape index (κ3) is 4.69. The summed E-state index contributed by atoms with van der Waals surface area (Å²) in [4.78, 5) is 23.1. The molecule has 0 aromatic carbocycles. The lowest BCUT2D eigenvalue weighted by Gasteiger charge is -2.21. The zero-order valence-electron chi connectivity index (χ0n) is 12.4. The molecule has 20 heavy (non-hydrogen) atoms. The molecule has 0 unspecified atom stereocenters. The number of urea groups is 1. The van der Waals surface area contributed by atoms with Gasteiger partial charge in [-0.2, -0.15) is 0 Å². The van der Waals surface area contributed by atoms with Gasteiger partial charge in [0.1, 0.15) is 0 Å². The molecule has 0 aromatic heterocycles. The van der Waals surface area contributed by atoms with E-state index in [0.29, 0.717) is 18.5 Å². The standard InChI is InChI=1S/C15H27N3O2/c1-2-8-16-14(19)10-17-15(20)18-13-9-12(13)11-6-4-3-5-7-11/h11-13H,2-10H2,1H3,(H,16,19)(H2,17,18,20)/t12-,13+/m1/s1. The van der Waals surface area contributed by atoms with Gasteiger partial charge in [-0.1, -0.05) is 39.0 Å². The molecule has 0 saturated heterocycles. The zero-order chi connectivity index (χ0) is 14.4. The van der Waals surface area contributed by atoms with Crippen LogP contribution in [-0.2, 0) is 4.79 Å². The van der Waals surface area contributed by atoms with Gasteiger partial charge in [0.25, 0.3) is 0 Å². The fourth-order valence-corrected chi connectivity index (χ4v) is 3.17. The molecule has 2 aliphatic rings. The molecule has 2 fully saturated rings. The Labute approximate surface area is 121 Å². The van der Waals surface area contributed by atoms with Gasteiger partial charge in [0.2, 0.25) is 5.91 Å². The Morgan fingerprint density at radius 3 is 2.55 bits per heavy atom. The van der Waals surface area contributed by atoms with Crippen LogP contribution in [0.25, 0.3) is 0 Å². The summed E-state index contributed by atoms with van der Waals surface area (Å²) in [7, 11) is 0. The Balaban J connectivity index is 1.58. The third-order valence-corrected chi connectivity index (χ3v) is 4.39. The molecular weight excluding hydrogens is 254 g/mol. The molecule has 2 atom stereocenters. The van der Waals surface area contributed by atoms with Crippen LogP contribution >= 0.6 is 0 Å². The van der Waals surface area contributed by atoms with E-state index in [2.05, 4.69) is 16.0 Å². The summed E-state index contributed by atoms with van der Waals surface area (Å²) in [5.74, 6) is 1.36. The summed E-state index contributed by atoms with van der Waals surface area (Å²) in [5, 5.41) is 8.34. The van der Waals surface area contributed by atoms with Crippen LogP contribution in [0.2, 0.25) is 0 Å². The lowest BCUT2D eigenvalue weighted by Crippen LogP contribution is -2.43. The molecular formula is C15H27N3O2. The molecule has 0 radical (unpaired) electrons. The minimum Gasteiger partial charge on any atom is -0.355 e. The van der Waals surface area contributed by atoms with Crippen molar-refractivity contribution in [2.45, 2.75) is 57.9 Å². The Hall–Kier alpha value is -1.26. The lowest BCUT2D eigenvalue weighted by molar-refractivity contribution is -0.120. The molecule has 114 valence electrons. The molecule has 5 nitrogen and oxygen atoms in total. The summed E-state index contributed by atoms with van der Waals surface area (Å²) in [6.07, 6.45) is 8.72. The van der Waals surface area contributed by atoms with Gasteiger partial charge in [-0.05, 0) is 24.7 Å². The summed E-state index contributed by atoms with van der Waals surface area (Å²) in [6.45, 7) is 2.72. The van der Waals surface area contributed by atoms with E-state index >= 15 is 0 Å². The summed E-state index contributed by atoms with van der Waals surface area (Å²) in [5.41, 5.74) is 0. The van der Waals surface area contributed by atoms with E-state index in [1.807, 2.05) is 6.92 Å². The van der Waals surface area contributed by atoms with Gasteiger partial charge >= 0.3 is 6.03 Å². The average Bonchev–Trinajstić information content (AvgIpc) is 3.23. The smallest absolute Gasteiger partial charge is 0.315 e. The highest BCUT2D eigenvalue weighted by Gasteiger charge is 2.43. The van der Waals surface area contributed by atoms with E-state index < -0.39 is 0 Å². The van der Waals surface area contributed by atoms with E-state index in [0.717, 1.165) is 18.8 Å². The maximum absolute atomic E-state index is 11.7. The van der Waals surface area contributed by atoms with E-state index in [1.165, 1.54) is 32.1 Å². The molecule has 2 saturated carbocycles. The first-order valence-electron chi connectivity index (χ1n) is 8.01. The van der Waals surface area contributed by atoms with Gasteiger partial charge in [-0.25, -0.2) is 4.79 Å². The van der Waals surface area contributed by atoms with E-state index in [1.54, 1.807) is 0 Å². The predicted molar refractivity (Wildman–Crippen MR) is 78.3 cm³/mol. The van der Waals surface area contributed by atoms with Gasteiger partial charge in [0.05, 0.1) is 6.54 Å². The summed E-state index contributed by atoms with van der Waals surface area (Å²) in [6, 6.07) is 0.122. The number of nitrogens with one attached hydrogen (secondary N) is 3. The molecule has 0 heterocycles. The molecule has 3 amide bonds. The van der Waals surface area contributed by atoms with Gasteiger partial charge < -0.3 is 16.0 Å². The molecule has 0 aliphatic heterocycles. The van der Waals surface area contributed by atoms with Crippen molar-refractivity contribution in [3.63, 3.8) is 0 Å². The second kappa shape index (κ2) is 7.50. The number of hydrogen-bond donors (Lipinski definition) is 3. The normalized spacial score (nSPS) is 25.9. The van der Waals surface area contributed by atoms with Gasteiger partial charge in [-0.15, -0.1) is 0 Å². The van der Waals surface area contributed by atoms with E-state index in [9.17, 15) is 9.59 Å². The fourth-order valence-electron chi connectivity index (χ4n) is 3.17. The quantitative estimate of drug-likeness (QED) is 0.694. The molecule has 0 spiro atoms. The second-order valence-electron chi connectivity index (χ2n) is 6.08. The van der Waals surface area contributed by atoms with Crippen LogP contribution in [0.5, 0.6) is 0 Å². The Bertz CT molecular complexity index is 340.